The van der Waals surface area contributed by atoms with Crippen molar-refractivity contribution < 1.29 is 9.59 Å². The first-order chi connectivity index (χ1) is 14.0. The summed E-state index contributed by atoms with van der Waals surface area (Å²) in [6.07, 6.45) is 0.470. The molecule has 0 radical (unpaired) electrons. The zero-order valence-electron chi connectivity index (χ0n) is 16.7. The van der Waals surface area contributed by atoms with E-state index in [-0.39, 0.29) is 11.8 Å². The van der Waals surface area contributed by atoms with Gasteiger partial charge in [0.15, 0.2) is 0 Å². The van der Waals surface area contributed by atoms with E-state index in [1.54, 1.807) is 4.90 Å². The van der Waals surface area contributed by atoms with Crippen LogP contribution in [0.15, 0.2) is 72.8 Å². The molecule has 0 spiro atoms. The minimum atomic E-state index is -0.585. The van der Waals surface area contributed by atoms with Crippen LogP contribution >= 0.6 is 0 Å². The standard InChI is InChI=1S/C25H24N2O2/c1-17-12-13-22(18(2)14-17)26-24(28)23(15-19-8-4-3-5-9-19)27-16-20-10-6-7-11-21(20)25(27)29/h3-14,23H,15-16H2,1-2H3,(H,26,28)/t23-/m1/s1. The fourth-order valence-corrected chi connectivity index (χ4v) is 3.88. The van der Waals surface area contributed by atoms with Crippen molar-refractivity contribution in [2.75, 3.05) is 5.32 Å². The lowest BCUT2D eigenvalue weighted by atomic mass is 10.0. The Morgan fingerprint density at radius 3 is 2.45 bits per heavy atom. The molecule has 1 aliphatic heterocycles. The van der Waals surface area contributed by atoms with E-state index in [4.69, 9.17) is 0 Å². The van der Waals surface area contributed by atoms with Gasteiger partial charge in [-0.1, -0.05) is 66.2 Å². The molecule has 0 saturated heterocycles. The molecule has 146 valence electrons. The second-order valence-electron chi connectivity index (χ2n) is 7.60. The number of carbonyl (C=O) groups is 2. The third kappa shape index (κ3) is 3.92. The van der Waals surface area contributed by atoms with E-state index < -0.39 is 6.04 Å². The highest BCUT2D eigenvalue weighted by molar-refractivity contribution is 6.03. The van der Waals surface area contributed by atoms with Crippen molar-refractivity contribution in [3.63, 3.8) is 0 Å². The van der Waals surface area contributed by atoms with Gasteiger partial charge in [0.1, 0.15) is 6.04 Å². The molecule has 4 heteroatoms. The molecule has 0 aromatic heterocycles. The lowest BCUT2D eigenvalue weighted by Gasteiger charge is -2.27. The van der Waals surface area contributed by atoms with Crippen molar-refractivity contribution in [2.45, 2.75) is 32.9 Å². The number of nitrogens with zero attached hydrogens (tertiary/aromatic N) is 1. The molecule has 1 N–H and O–H groups in total. The van der Waals surface area contributed by atoms with E-state index in [1.165, 1.54) is 0 Å². The summed E-state index contributed by atoms with van der Waals surface area (Å²) in [5.74, 6) is -0.251. The van der Waals surface area contributed by atoms with Crippen molar-refractivity contribution in [1.82, 2.24) is 4.90 Å². The van der Waals surface area contributed by atoms with E-state index in [2.05, 4.69) is 5.32 Å². The van der Waals surface area contributed by atoms with Gasteiger partial charge < -0.3 is 10.2 Å². The SMILES string of the molecule is Cc1ccc(NC(=O)[C@@H](Cc2ccccc2)N2Cc3ccccc3C2=O)c(C)c1. The molecule has 1 heterocycles. The topological polar surface area (TPSA) is 49.4 Å². The summed E-state index contributed by atoms with van der Waals surface area (Å²) in [7, 11) is 0. The van der Waals surface area contributed by atoms with Crippen LogP contribution < -0.4 is 5.32 Å². The van der Waals surface area contributed by atoms with Gasteiger partial charge in [-0.25, -0.2) is 0 Å². The zero-order valence-corrected chi connectivity index (χ0v) is 16.7. The van der Waals surface area contributed by atoms with Crippen LogP contribution in [0.3, 0.4) is 0 Å². The van der Waals surface area contributed by atoms with Crippen molar-refractivity contribution in [1.29, 1.82) is 0 Å². The number of aryl methyl sites for hydroxylation is 2. The first kappa shape index (κ1) is 18.9. The molecule has 4 rings (SSSR count). The van der Waals surface area contributed by atoms with Crippen LogP contribution in [0.5, 0.6) is 0 Å². The molecule has 2 amide bonds. The number of fused-ring (bicyclic) bond motifs is 1. The summed E-state index contributed by atoms with van der Waals surface area (Å²) < 4.78 is 0. The Labute approximate surface area is 171 Å². The van der Waals surface area contributed by atoms with E-state index in [1.807, 2.05) is 86.6 Å². The molecule has 0 bridgehead atoms. The molecule has 29 heavy (non-hydrogen) atoms. The minimum absolute atomic E-state index is 0.0858. The molecular formula is C25H24N2O2. The molecular weight excluding hydrogens is 360 g/mol. The smallest absolute Gasteiger partial charge is 0.255 e. The molecule has 0 saturated carbocycles. The Balaban J connectivity index is 1.63. The van der Waals surface area contributed by atoms with Crippen molar-refractivity contribution in [2.24, 2.45) is 0 Å². The van der Waals surface area contributed by atoms with Crippen LogP contribution in [0, 0.1) is 13.8 Å². The van der Waals surface area contributed by atoms with E-state index in [9.17, 15) is 9.59 Å². The summed E-state index contributed by atoms with van der Waals surface area (Å²) in [6, 6.07) is 22.8. The number of amides is 2. The maximum absolute atomic E-state index is 13.3. The third-order valence-corrected chi connectivity index (χ3v) is 5.44. The molecule has 3 aromatic rings. The molecule has 0 unspecified atom stereocenters. The third-order valence-electron chi connectivity index (χ3n) is 5.44. The summed E-state index contributed by atoms with van der Waals surface area (Å²) in [4.78, 5) is 28.1. The van der Waals surface area contributed by atoms with Gasteiger partial charge in [0.05, 0.1) is 0 Å². The normalized spacial score (nSPS) is 13.9. The number of hydrogen-bond donors (Lipinski definition) is 1. The van der Waals surface area contributed by atoms with Gasteiger partial charge in [0.25, 0.3) is 5.91 Å². The first-order valence-corrected chi connectivity index (χ1v) is 9.84. The lowest BCUT2D eigenvalue weighted by Crippen LogP contribution is -2.45. The second kappa shape index (κ2) is 7.92. The predicted octanol–water partition coefficient (Wildman–Crippen LogP) is 4.51. The fraction of sp³-hybridized carbons (Fsp3) is 0.200. The Kier molecular flexibility index (Phi) is 5.17. The van der Waals surface area contributed by atoms with Gasteiger partial charge in [0.2, 0.25) is 5.91 Å². The maximum atomic E-state index is 13.3. The van der Waals surface area contributed by atoms with Crippen LogP contribution in [-0.2, 0) is 17.8 Å². The quantitative estimate of drug-likeness (QED) is 0.704. The summed E-state index contributed by atoms with van der Waals surface area (Å²) in [5.41, 5.74) is 5.61. The van der Waals surface area contributed by atoms with Gasteiger partial charge in [-0.2, -0.15) is 0 Å². The van der Waals surface area contributed by atoms with Gasteiger partial charge in [0, 0.05) is 24.2 Å². The first-order valence-electron chi connectivity index (χ1n) is 9.84. The molecule has 4 nitrogen and oxygen atoms in total. The van der Waals surface area contributed by atoms with E-state index >= 15 is 0 Å². The highest BCUT2D eigenvalue weighted by Gasteiger charge is 2.36. The van der Waals surface area contributed by atoms with E-state index in [0.29, 0.717) is 18.5 Å². The van der Waals surface area contributed by atoms with Crippen LogP contribution in [0.2, 0.25) is 0 Å². The monoisotopic (exact) mass is 384 g/mol. The largest absolute Gasteiger partial charge is 0.324 e. The van der Waals surface area contributed by atoms with Crippen LogP contribution in [0.4, 0.5) is 5.69 Å². The summed E-state index contributed by atoms with van der Waals surface area (Å²) in [6.45, 7) is 4.45. The molecule has 1 atom stereocenters. The minimum Gasteiger partial charge on any atom is -0.324 e. The lowest BCUT2D eigenvalue weighted by molar-refractivity contribution is -0.120. The second-order valence-corrected chi connectivity index (χ2v) is 7.60. The van der Waals surface area contributed by atoms with Crippen LogP contribution in [-0.4, -0.2) is 22.8 Å². The van der Waals surface area contributed by atoms with Gasteiger partial charge in [-0.05, 0) is 42.7 Å². The molecule has 3 aromatic carbocycles. The van der Waals surface area contributed by atoms with Gasteiger partial charge in [-0.3, -0.25) is 9.59 Å². The number of nitrogens with one attached hydrogen (secondary N) is 1. The molecule has 0 aliphatic carbocycles. The fourth-order valence-electron chi connectivity index (χ4n) is 3.88. The number of carbonyl (C=O) groups excluding carboxylic acids is 2. The highest BCUT2D eigenvalue weighted by Crippen LogP contribution is 2.27. The van der Waals surface area contributed by atoms with Gasteiger partial charge in [-0.15, -0.1) is 0 Å². The highest BCUT2D eigenvalue weighted by atomic mass is 16.2. The predicted molar refractivity (Wildman–Crippen MR) is 115 cm³/mol. The average Bonchev–Trinajstić information content (AvgIpc) is 3.05. The number of benzene rings is 3. The molecule has 1 aliphatic rings. The number of anilines is 1. The van der Waals surface area contributed by atoms with Crippen LogP contribution in [0.25, 0.3) is 0 Å². The Hall–Kier alpha value is -3.40. The number of hydrogen-bond acceptors (Lipinski definition) is 2. The van der Waals surface area contributed by atoms with Crippen molar-refractivity contribution in [3.05, 3.63) is 101 Å². The Bertz CT molecular complexity index is 1060. The Morgan fingerprint density at radius 1 is 1.00 bits per heavy atom. The maximum Gasteiger partial charge on any atom is 0.255 e. The van der Waals surface area contributed by atoms with Gasteiger partial charge >= 0.3 is 0 Å². The Morgan fingerprint density at radius 2 is 1.72 bits per heavy atom. The van der Waals surface area contributed by atoms with E-state index in [0.717, 1.165) is 27.9 Å². The van der Waals surface area contributed by atoms with Crippen molar-refractivity contribution >= 4 is 17.5 Å². The number of rotatable bonds is 5. The van der Waals surface area contributed by atoms with Crippen molar-refractivity contribution in [3.8, 4) is 0 Å². The zero-order chi connectivity index (χ0) is 20.4. The average molecular weight is 384 g/mol. The molecule has 0 fully saturated rings. The van der Waals surface area contributed by atoms with Crippen LogP contribution in [0.1, 0.15) is 32.6 Å². The summed E-state index contributed by atoms with van der Waals surface area (Å²) in [5, 5.41) is 3.05. The summed E-state index contributed by atoms with van der Waals surface area (Å²) >= 11 is 0.